The van der Waals surface area contributed by atoms with Crippen LogP contribution in [0.4, 0.5) is 4.39 Å². The number of benzene rings is 2. The summed E-state index contributed by atoms with van der Waals surface area (Å²) in [7, 11) is 0. The first-order valence-corrected chi connectivity index (χ1v) is 7.58. The van der Waals surface area contributed by atoms with E-state index >= 15 is 0 Å². The van der Waals surface area contributed by atoms with E-state index in [2.05, 4.69) is 28.0 Å². The molecule has 3 aromatic rings. The number of fused-ring (bicyclic) bond motifs is 1. The van der Waals surface area contributed by atoms with E-state index in [4.69, 9.17) is 10.3 Å². The van der Waals surface area contributed by atoms with Crippen molar-refractivity contribution in [3.05, 3.63) is 68.7 Å². The minimum Gasteiger partial charge on any atom is -0.459 e. The Balaban J connectivity index is 2.11. The maximum absolute atomic E-state index is 13.3. The van der Waals surface area contributed by atoms with Crippen LogP contribution in [-0.4, -0.2) is 0 Å². The Kier molecular flexibility index (Phi) is 3.97. The lowest BCUT2D eigenvalue weighted by atomic mass is 10.0. The van der Waals surface area contributed by atoms with Crippen LogP contribution in [0.2, 0.25) is 0 Å². The number of aryl methyl sites for hydroxylation is 1. The van der Waals surface area contributed by atoms with Gasteiger partial charge >= 0.3 is 0 Å². The molecule has 1 aromatic heterocycles. The minimum atomic E-state index is -0.280. The van der Waals surface area contributed by atoms with Gasteiger partial charge in [-0.15, -0.1) is 0 Å². The summed E-state index contributed by atoms with van der Waals surface area (Å²) in [5.74, 6) is 6.11. The highest BCUT2D eigenvalue weighted by molar-refractivity contribution is 14.1. The lowest BCUT2D eigenvalue weighted by molar-refractivity contribution is 0.476. The first-order valence-electron chi connectivity index (χ1n) is 6.50. The van der Waals surface area contributed by atoms with Crippen molar-refractivity contribution in [2.24, 2.45) is 5.84 Å². The third-order valence-corrected chi connectivity index (χ3v) is 4.95. The highest BCUT2D eigenvalue weighted by Gasteiger charge is 2.20. The molecule has 0 aliphatic heterocycles. The van der Waals surface area contributed by atoms with Gasteiger partial charge in [-0.1, -0.05) is 18.2 Å². The van der Waals surface area contributed by atoms with Gasteiger partial charge in [0.1, 0.15) is 23.2 Å². The molecule has 0 aliphatic rings. The van der Waals surface area contributed by atoms with E-state index in [1.165, 1.54) is 17.7 Å². The Morgan fingerprint density at radius 2 is 2.05 bits per heavy atom. The second-order valence-electron chi connectivity index (χ2n) is 4.91. The molecule has 3 rings (SSSR count). The molecule has 108 valence electrons. The summed E-state index contributed by atoms with van der Waals surface area (Å²) < 4.78 is 20.2. The molecule has 0 radical (unpaired) electrons. The lowest BCUT2D eigenvalue weighted by Gasteiger charge is -2.16. The van der Waals surface area contributed by atoms with Crippen molar-refractivity contribution in [2.75, 3.05) is 0 Å². The number of halogens is 2. The van der Waals surface area contributed by atoms with E-state index in [9.17, 15) is 4.39 Å². The van der Waals surface area contributed by atoms with E-state index in [1.54, 1.807) is 6.07 Å². The van der Waals surface area contributed by atoms with Gasteiger partial charge in [-0.3, -0.25) is 5.84 Å². The Morgan fingerprint density at radius 3 is 2.81 bits per heavy atom. The van der Waals surface area contributed by atoms with E-state index in [1.807, 2.05) is 31.2 Å². The molecule has 0 saturated carbocycles. The maximum Gasteiger partial charge on any atom is 0.134 e. The van der Waals surface area contributed by atoms with Crippen molar-refractivity contribution in [2.45, 2.75) is 13.0 Å². The number of rotatable bonds is 3. The summed E-state index contributed by atoms with van der Waals surface area (Å²) in [6.07, 6.45) is 0. The molecule has 0 spiro atoms. The molecule has 1 heterocycles. The fourth-order valence-corrected chi connectivity index (χ4v) is 3.07. The normalized spacial score (nSPS) is 12.8. The zero-order chi connectivity index (χ0) is 15.0. The van der Waals surface area contributed by atoms with Crippen molar-refractivity contribution < 1.29 is 8.81 Å². The molecule has 0 bridgehead atoms. The van der Waals surface area contributed by atoms with E-state index in [0.29, 0.717) is 11.3 Å². The van der Waals surface area contributed by atoms with Crippen molar-refractivity contribution in [3.8, 4) is 0 Å². The SMILES string of the molecule is Cc1cccc(C(NN)c2cc3cc(F)ccc3o2)c1I. The maximum atomic E-state index is 13.3. The summed E-state index contributed by atoms with van der Waals surface area (Å²) in [6, 6.07) is 12.1. The largest absolute Gasteiger partial charge is 0.459 e. The molecule has 0 aliphatic carbocycles. The highest BCUT2D eigenvalue weighted by atomic mass is 127. The molecule has 2 aromatic carbocycles. The topological polar surface area (TPSA) is 51.2 Å². The van der Waals surface area contributed by atoms with Gasteiger partial charge < -0.3 is 4.42 Å². The zero-order valence-corrected chi connectivity index (χ0v) is 13.5. The molecular weight excluding hydrogens is 382 g/mol. The van der Waals surface area contributed by atoms with Crippen LogP contribution >= 0.6 is 22.6 Å². The predicted octanol–water partition coefficient (Wildman–Crippen LogP) is 4.04. The third kappa shape index (κ3) is 2.68. The minimum absolute atomic E-state index is 0.271. The van der Waals surface area contributed by atoms with Crippen molar-refractivity contribution in [1.29, 1.82) is 0 Å². The Hall–Kier alpha value is -1.44. The molecular formula is C16H14FIN2O. The summed E-state index contributed by atoms with van der Waals surface area (Å²) in [5, 5.41) is 0.730. The molecule has 0 saturated heterocycles. The highest BCUT2D eigenvalue weighted by Crippen LogP contribution is 2.31. The Labute approximate surface area is 135 Å². The predicted molar refractivity (Wildman–Crippen MR) is 89.2 cm³/mol. The van der Waals surface area contributed by atoms with Gasteiger partial charge in [-0.2, -0.15) is 0 Å². The fraction of sp³-hybridized carbons (Fsp3) is 0.125. The van der Waals surface area contributed by atoms with Gasteiger partial charge in [-0.05, 0) is 64.9 Å². The number of hydrogen-bond acceptors (Lipinski definition) is 3. The number of nitrogens with one attached hydrogen (secondary N) is 1. The molecule has 21 heavy (non-hydrogen) atoms. The van der Waals surface area contributed by atoms with Crippen LogP contribution in [0.15, 0.2) is 46.9 Å². The van der Waals surface area contributed by atoms with Gasteiger partial charge in [0, 0.05) is 8.96 Å². The fourth-order valence-electron chi connectivity index (χ4n) is 2.40. The zero-order valence-electron chi connectivity index (χ0n) is 11.4. The molecule has 0 fully saturated rings. The third-order valence-electron chi connectivity index (χ3n) is 3.48. The van der Waals surface area contributed by atoms with E-state index in [-0.39, 0.29) is 11.9 Å². The molecule has 1 atom stereocenters. The monoisotopic (exact) mass is 396 g/mol. The summed E-state index contributed by atoms with van der Waals surface area (Å²) >= 11 is 2.30. The van der Waals surface area contributed by atoms with Crippen molar-refractivity contribution in [1.82, 2.24) is 5.43 Å². The van der Waals surface area contributed by atoms with Crippen molar-refractivity contribution in [3.63, 3.8) is 0 Å². The summed E-state index contributed by atoms with van der Waals surface area (Å²) in [5.41, 5.74) is 5.65. The molecule has 0 amide bonds. The van der Waals surface area contributed by atoms with Crippen molar-refractivity contribution >= 4 is 33.6 Å². The standard InChI is InChI=1S/C16H14FIN2O/c1-9-3-2-4-12(15(9)18)16(20-19)14-8-10-7-11(17)5-6-13(10)21-14/h2-8,16,20H,19H2,1H3. The number of furan rings is 1. The second-order valence-corrected chi connectivity index (χ2v) is 5.99. The van der Waals surface area contributed by atoms with Crippen LogP contribution in [0.5, 0.6) is 0 Å². The number of hydrazine groups is 1. The molecule has 5 heteroatoms. The van der Waals surface area contributed by atoms with E-state index in [0.717, 1.165) is 14.5 Å². The Bertz CT molecular complexity index is 800. The van der Waals surface area contributed by atoms with Gasteiger partial charge in [0.05, 0.1) is 0 Å². The Morgan fingerprint density at radius 1 is 1.24 bits per heavy atom. The first kappa shape index (κ1) is 14.5. The van der Waals surface area contributed by atoms with Gasteiger partial charge in [-0.25, -0.2) is 9.82 Å². The van der Waals surface area contributed by atoms with Crippen LogP contribution in [0.3, 0.4) is 0 Å². The van der Waals surface area contributed by atoms with Gasteiger partial charge in [0.25, 0.3) is 0 Å². The van der Waals surface area contributed by atoms with Crippen LogP contribution in [-0.2, 0) is 0 Å². The smallest absolute Gasteiger partial charge is 0.134 e. The molecule has 3 N–H and O–H groups in total. The molecule has 3 nitrogen and oxygen atoms in total. The van der Waals surface area contributed by atoms with E-state index < -0.39 is 0 Å². The van der Waals surface area contributed by atoms with Gasteiger partial charge in [0.15, 0.2) is 0 Å². The van der Waals surface area contributed by atoms with Crippen LogP contribution in [0, 0.1) is 16.3 Å². The lowest BCUT2D eigenvalue weighted by Crippen LogP contribution is -2.29. The summed E-state index contributed by atoms with van der Waals surface area (Å²) in [4.78, 5) is 0. The average molecular weight is 396 g/mol. The summed E-state index contributed by atoms with van der Waals surface area (Å²) in [6.45, 7) is 2.05. The second kappa shape index (κ2) is 5.75. The average Bonchev–Trinajstić information content (AvgIpc) is 2.87. The molecule has 1 unspecified atom stereocenters. The number of nitrogens with two attached hydrogens (primary N) is 1. The first-order chi connectivity index (χ1) is 10.1. The van der Waals surface area contributed by atoms with Crippen LogP contribution in [0.25, 0.3) is 11.0 Å². The van der Waals surface area contributed by atoms with Crippen LogP contribution < -0.4 is 11.3 Å². The van der Waals surface area contributed by atoms with Gasteiger partial charge in [0.2, 0.25) is 0 Å². The quantitative estimate of drug-likeness (QED) is 0.399. The van der Waals surface area contributed by atoms with Crippen LogP contribution in [0.1, 0.15) is 22.9 Å². The number of hydrogen-bond donors (Lipinski definition) is 2.